The van der Waals surface area contributed by atoms with Gasteiger partial charge in [0.15, 0.2) is 0 Å². The fraction of sp³-hybridized carbons (Fsp3) is 0.600. The van der Waals surface area contributed by atoms with Crippen LogP contribution in [-0.4, -0.2) is 6.11 Å². The Labute approximate surface area is 169 Å². The second-order valence-corrected chi connectivity index (χ2v) is 8.09. The molecule has 3 heteroatoms. The summed E-state index contributed by atoms with van der Waals surface area (Å²) in [6.45, 7) is 4.02. The summed E-state index contributed by atoms with van der Waals surface area (Å²) in [4.78, 5) is 0. The van der Waals surface area contributed by atoms with E-state index in [-0.39, 0.29) is 18.9 Å². The fourth-order valence-electron chi connectivity index (χ4n) is 4.03. The molecule has 1 nitrogen and oxygen atoms in total. The zero-order chi connectivity index (χ0) is 20.2. The summed E-state index contributed by atoms with van der Waals surface area (Å²) in [5.41, 5.74) is 2.03. The number of halogens is 2. The van der Waals surface area contributed by atoms with Crippen molar-refractivity contribution in [2.45, 2.75) is 84.4 Å². The number of rotatable bonds is 11. The predicted octanol–water partition coefficient (Wildman–Crippen LogP) is 7.86. The van der Waals surface area contributed by atoms with E-state index in [9.17, 15) is 8.78 Å². The minimum absolute atomic E-state index is 0.0269. The van der Waals surface area contributed by atoms with Crippen molar-refractivity contribution in [1.82, 2.24) is 0 Å². The Kier molecular flexibility index (Phi) is 9.91. The first-order valence-electron chi connectivity index (χ1n) is 10.8. The normalized spacial score (nSPS) is 21.0. The van der Waals surface area contributed by atoms with E-state index in [1.54, 1.807) is 0 Å². The first-order valence-corrected chi connectivity index (χ1v) is 10.8. The van der Waals surface area contributed by atoms with Crippen LogP contribution in [0.15, 0.2) is 48.6 Å². The van der Waals surface area contributed by atoms with Crippen LogP contribution in [0.4, 0.5) is 8.78 Å². The maximum absolute atomic E-state index is 14.3. The van der Waals surface area contributed by atoms with E-state index >= 15 is 0 Å². The van der Waals surface area contributed by atoms with Gasteiger partial charge in [0.25, 0.3) is 0 Å². The van der Waals surface area contributed by atoms with Gasteiger partial charge in [0.05, 0.1) is 6.61 Å². The third-order valence-electron chi connectivity index (χ3n) is 5.78. The van der Waals surface area contributed by atoms with Crippen molar-refractivity contribution in [3.8, 4) is 0 Å². The molecule has 0 unspecified atom stereocenters. The smallest absolute Gasteiger partial charge is 0.316 e. The molecule has 0 heterocycles. The van der Waals surface area contributed by atoms with Gasteiger partial charge < -0.3 is 4.74 Å². The van der Waals surface area contributed by atoms with Gasteiger partial charge in [0.2, 0.25) is 0 Å². The van der Waals surface area contributed by atoms with Crippen LogP contribution < -0.4 is 0 Å². The Morgan fingerprint density at radius 3 is 2.11 bits per heavy atom. The zero-order valence-electron chi connectivity index (χ0n) is 17.5. The van der Waals surface area contributed by atoms with Crippen molar-refractivity contribution in [1.29, 1.82) is 0 Å². The zero-order valence-corrected chi connectivity index (χ0v) is 17.5. The summed E-state index contributed by atoms with van der Waals surface area (Å²) in [6, 6.07) is 7.82. The molecule has 1 aromatic carbocycles. The SMILES string of the molecule is C/C=C/CCc1ccc(COC(F)(F)CC2CCC(CC/C=C/C)CC2)cc1. The topological polar surface area (TPSA) is 9.23 Å². The summed E-state index contributed by atoms with van der Waals surface area (Å²) in [5.74, 6) is 0.787. The third-order valence-corrected chi connectivity index (χ3v) is 5.78. The predicted molar refractivity (Wildman–Crippen MR) is 113 cm³/mol. The highest BCUT2D eigenvalue weighted by molar-refractivity contribution is 5.22. The van der Waals surface area contributed by atoms with E-state index < -0.39 is 6.11 Å². The Bertz CT molecular complexity index is 595. The second kappa shape index (κ2) is 12.2. The summed E-state index contributed by atoms with van der Waals surface area (Å²) >= 11 is 0. The quantitative estimate of drug-likeness (QED) is 0.349. The molecule has 0 radical (unpaired) electrons. The largest absolute Gasteiger partial charge is 0.356 e. The standard InChI is InChI=1S/C25H36F2O/c1-3-5-7-9-21-11-15-23(16-12-21)19-25(26,27)28-20-24-17-13-22(14-18-24)10-8-6-4-2/h3-6,13-14,17-18,21,23H,7-12,15-16,19-20H2,1-2H3/b5-3+,6-4+. The second-order valence-electron chi connectivity index (χ2n) is 8.09. The van der Waals surface area contributed by atoms with Crippen LogP contribution in [0.2, 0.25) is 0 Å². The molecule has 0 spiro atoms. The summed E-state index contributed by atoms with van der Waals surface area (Å²) in [7, 11) is 0. The minimum Gasteiger partial charge on any atom is -0.316 e. The number of hydrogen-bond donors (Lipinski definition) is 0. The molecule has 156 valence electrons. The highest BCUT2D eigenvalue weighted by Crippen LogP contribution is 2.38. The molecular weight excluding hydrogens is 354 g/mol. The Hall–Kier alpha value is -1.48. The number of allylic oxidation sites excluding steroid dienone is 4. The van der Waals surface area contributed by atoms with Gasteiger partial charge in [-0.2, -0.15) is 8.78 Å². The van der Waals surface area contributed by atoms with Crippen molar-refractivity contribution in [2.75, 3.05) is 0 Å². The van der Waals surface area contributed by atoms with E-state index in [4.69, 9.17) is 4.74 Å². The van der Waals surface area contributed by atoms with Gasteiger partial charge in [-0.1, -0.05) is 61.4 Å². The van der Waals surface area contributed by atoms with E-state index in [1.165, 1.54) is 12.0 Å². The van der Waals surface area contributed by atoms with E-state index in [2.05, 4.69) is 18.2 Å². The van der Waals surface area contributed by atoms with Crippen LogP contribution in [0.3, 0.4) is 0 Å². The lowest BCUT2D eigenvalue weighted by Crippen LogP contribution is -2.27. The molecule has 28 heavy (non-hydrogen) atoms. The van der Waals surface area contributed by atoms with Crippen LogP contribution in [0.5, 0.6) is 0 Å². The number of benzene rings is 1. The average molecular weight is 391 g/mol. The first kappa shape index (κ1) is 22.8. The van der Waals surface area contributed by atoms with E-state index in [0.717, 1.165) is 50.5 Å². The van der Waals surface area contributed by atoms with E-state index in [0.29, 0.717) is 5.92 Å². The Morgan fingerprint density at radius 1 is 0.893 bits per heavy atom. The van der Waals surface area contributed by atoms with E-state index in [1.807, 2.05) is 44.2 Å². The van der Waals surface area contributed by atoms with Gasteiger partial charge in [0.1, 0.15) is 0 Å². The molecule has 0 N–H and O–H groups in total. The van der Waals surface area contributed by atoms with Crippen LogP contribution in [-0.2, 0) is 17.8 Å². The van der Waals surface area contributed by atoms with Crippen molar-refractivity contribution < 1.29 is 13.5 Å². The van der Waals surface area contributed by atoms with Crippen molar-refractivity contribution in [2.24, 2.45) is 11.8 Å². The lowest BCUT2D eigenvalue weighted by molar-refractivity contribution is -0.256. The van der Waals surface area contributed by atoms with Crippen LogP contribution in [0.1, 0.15) is 76.3 Å². The highest BCUT2D eigenvalue weighted by Gasteiger charge is 2.35. The van der Waals surface area contributed by atoms with Crippen molar-refractivity contribution in [3.05, 3.63) is 59.7 Å². The number of ether oxygens (including phenoxy) is 1. The Morgan fingerprint density at radius 2 is 1.46 bits per heavy atom. The average Bonchev–Trinajstić information content (AvgIpc) is 2.69. The molecule has 1 saturated carbocycles. The molecule has 0 bridgehead atoms. The molecule has 0 aliphatic heterocycles. The van der Waals surface area contributed by atoms with Crippen LogP contribution in [0.25, 0.3) is 0 Å². The maximum atomic E-state index is 14.3. The molecule has 0 amide bonds. The molecule has 0 saturated heterocycles. The fourth-order valence-corrected chi connectivity index (χ4v) is 4.03. The molecular formula is C25H36F2O. The molecule has 0 aromatic heterocycles. The first-order chi connectivity index (χ1) is 13.5. The maximum Gasteiger partial charge on any atom is 0.356 e. The number of aryl methyl sites for hydroxylation is 1. The monoisotopic (exact) mass is 390 g/mol. The number of alkyl halides is 2. The van der Waals surface area contributed by atoms with Gasteiger partial charge in [-0.05, 0) is 75.3 Å². The minimum atomic E-state index is -3.03. The molecule has 2 rings (SSSR count). The number of hydrogen-bond acceptors (Lipinski definition) is 1. The van der Waals surface area contributed by atoms with Crippen LogP contribution >= 0.6 is 0 Å². The molecule has 1 aliphatic carbocycles. The highest BCUT2D eigenvalue weighted by atomic mass is 19.3. The summed E-state index contributed by atoms with van der Waals surface area (Å²) < 4.78 is 33.6. The molecule has 1 aliphatic rings. The van der Waals surface area contributed by atoms with Gasteiger partial charge in [-0.15, -0.1) is 0 Å². The van der Waals surface area contributed by atoms with Crippen molar-refractivity contribution >= 4 is 0 Å². The van der Waals surface area contributed by atoms with Crippen molar-refractivity contribution in [3.63, 3.8) is 0 Å². The third kappa shape index (κ3) is 8.68. The van der Waals surface area contributed by atoms with Gasteiger partial charge >= 0.3 is 6.11 Å². The summed E-state index contributed by atoms with van der Waals surface area (Å²) in [5, 5.41) is 0. The molecule has 0 atom stereocenters. The lowest BCUT2D eigenvalue weighted by atomic mass is 9.78. The van der Waals surface area contributed by atoms with Gasteiger partial charge in [-0.3, -0.25) is 0 Å². The lowest BCUT2D eigenvalue weighted by Gasteiger charge is -2.30. The van der Waals surface area contributed by atoms with Gasteiger partial charge in [0, 0.05) is 6.42 Å². The van der Waals surface area contributed by atoms with Crippen LogP contribution in [0, 0.1) is 11.8 Å². The summed E-state index contributed by atoms with van der Waals surface area (Å²) in [6.07, 6.45) is 13.5. The molecule has 1 fully saturated rings. The van der Waals surface area contributed by atoms with Gasteiger partial charge in [-0.25, -0.2) is 0 Å². The molecule has 1 aromatic rings. The Balaban J connectivity index is 1.70.